The van der Waals surface area contributed by atoms with E-state index in [1.165, 1.54) is 48.5 Å². The van der Waals surface area contributed by atoms with Gasteiger partial charge in [0.2, 0.25) is 0 Å². The SMILES string of the molecule is Nc1ccc(C(CS(=O)(=O)O)(c2ccc(N)cc2)S(=O)(=O)O)cc1. The molecule has 0 aliphatic heterocycles. The summed E-state index contributed by atoms with van der Waals surface area (Å²) in [7, 11) is -9.80. The van der Waals surface area contributed by atoms with E-state index < -0.39 is 30.7 Å². The van der Waals surface area contributed by atoms with Crippen molar-refractivity contribution < 1.29 is 25.9 Å². The van der Waals surface area contributed by atoms with Crippen molar-refractivity contribution in [2.45, 2.75) is 4.75 Å². The van der Waals surface area contributed by atoms with Gasteiger partial charge in [-0.05, 0) is 35.4 Å². The fourth-order valence-electron chi connectivity index (χ4n) is 2.47. The Hall–Kier alpha value is -2.14. The Bertz CT molecular complexity index is 890. The third kappa shape index (κ3) is 3.51. The first-order valence-electron chi connectivity index (χ1n) is 6.60. The van der Waals surface area contributed by atoms with Gasteiger partial charge < -0.3 is 11.5 Å². The normalized spacial score (nSPS) is 12.9. The monoisotopic (exact) mass is 372 g/mol. The third-order valence-corrected chi connectivity index (χ3v) is 6.06. The second-order valence-electron chi connectivity index (χ2n) is 5.27. The van der Waals surface area contributed by atoms with Crippen LogP contribution in [-0.2, 0) is 25.0 Å². The Morgan fingerprint density at radius 2 is 1.08 bits per heavy atom. The van der Waals surface area contributed by atoms with Crippen LogP contribution in [0.1, 0.15) is 11.1 Å². The lowest BCUT2D eigenvalue weighted by atomic mass is 9.91. The van der Waals surface area contributed by atoms with Gasteiger partial charge in [-0.1, -0.05) is 24.3 Å². The first-order chi connectivity index (χ1) is 11.0. The van der Waals surface area contributed by atoms with Crippen LogP contribution in [-0.4, -0.2) is 31.7 Å². The van der Waals surface area contributed by atoms with E-state index in [9.17, 15) is 25.9 Å². The van der Waals surface area contributed by atoms with E-state index in [-0.39, 0.29) is 11.1 Å². The first kappa shape index (κ1) is 18.2. The fourth-order valence-corrected chi connectivity index (χ4v) is 5.22. The molecule has 0 aromatic heterocycles. The van der Waals surface area contributed by atoms with Crippen LogP contribution in [0.2, 0.25) is 0 Å². The average molecular weight is 372 g/mol. The van der Waals surface area contributed by atoms with E-state index in [1.807, 2.05) is 0 Å². The van der Waals surface area contributed by atoms with E-state index in [4.69, 9.17) is 11.5 Å². The Morgan fingerprint density at radius 3 is 1.33 bits per heavy atom. The van der Waals surface area contributed by atoms with Gasteiger partial charge in [0, 0.05) is 11.4 Å². The van der Waals surface area contributed by atoms with Crippen molar-refractivity contribution >= 4 is 31.6 Å². The summed E-state index contributed by atoms with van der Waals surface area (Å²) in [5.41, 5.74) is 11.6. The van der Waals surface area contributed by atoms with Crippen molar-refractivity contribution in [1.82, 2.24) is 0 Å². The molecule has 0 aliphatic carbocycles. The topological polar surface area (TPSA) is 161 Å². The van der Waals surface area contributed by atoms with E-state index in [1.54, 1.807) is 0 Å². The van der Waals surface area contributed by atoms with Crippen LogP contribution in [0.4, 0.5) is 11.4 Å². The third-order valence-electron chi connectivity index (χ3n) is 3.58. The van der Waals surface area contributed by atoms with Crippen LogP contribution in [0, 0.1) is 0 Å². The average Bonchev–Trinajstić information content (AvgIpc) is 2.44. The van der Waals surface area contributed by atoms with Gasteiger partial charge in [-0.2, -0.15) is 16.8 Å². The quantitative estimate of drug-likeness (QED) is 0.444. The number of rotatable bonds is 5. The zero-order valence-corrected chi connectivity index (χ0v) is 14.0. The van der Waals surface area contributed by atoms with E-state index >= 15 is 0 Å². The van der Waals surface area contributed by atoms with Crippen molar-refractivity contribution in [3.05, 3.63) is 59.7 Å². The molecular formula is C14H16N2O6S2. The van der Waals surface area contributed by atoms with E-state index in [2.05, 4.69) is 0 Å². The van der Waals surface area contributed by atoms with E-state index in [0.29, 0.717) is 11.4 Å². The number of benzene rings is 2. The summed E-state index contributed by atoms with van der Waals surface area (Å²) in [5, 5.41) is 0. The summed E-state index contributed by atoms with van der Waals surface area (Å²) in [6.45, 7) is 0. The minimum absolute atomic E-state index is 0.0680. The maximum atomic E-state index is 12.2. The van der Waals surface area contributed by atoms with Crippen molar-refractivity contribution in [3.8, 4) is 0 Å². The molecule has 0 heterocycles. The smallest absolute Gasteiger partial charge is 0.280 e. The molecule has 0 unspecified atom stereocenters. The molecule has 2 aromatic rings. The lowest BCUT2D eigenvalue weighted by Gasteiger charge is -2.30. The van der Waals surface area contributed by atoms with E-state index in [0.717, 1.165) is 0 Å². The molecular weight excluding hydrogens is 356 g/mol. The second-order valence-corrected chi connectivity index (χ2v) is 8.37. The lowest BCUT2D eigenvalue weighted by Crippen LogP contribution is -2.43. The van der Waals surface area contributed by atoms with Crippen LogP contribution in [0.3, 0.4) is 0 Å². The zero-order chi connectivity index (χ0) is 18.2. The molecule has 2 aromatic carbocycles. The molecule has 130 valence electrons. The lowest BCUT2D eigenvalue weighted by molar-refractivity contribution is 0.439. The van der Waals surface area contributed by atoms with Crippen molar-refractivity contribution in [2.75, 3.05) is 17.2 Å². The summed E-state index contributed by atoms with van der Waals surface area (Å²) in [5.74, 6) is -1.27. The molecule has 0 radical (unpaired) electrons. The molecule has 6 N–H and O–H groups in total. The highest BCUT2D eigenvalue weighted by molar-refractivity contribution is 7.90. The molecule has 0 saturated carbocycles. The molecule has 0 bridgehead atoms. The Morgan fingerprint density at radius 1 is 0.750 bits per heavy atom. The van der Waals surface area contributed by atoms with Gasteiger partial charge in [-0.25, -0.2) is 0 Å². The molecule has 0 aliphatic rings. The highest BCUT2D eigenvalue weighted by Gasteiger charge is 2.49. The number of hydrogen-bond donors (Lipinski definition) is 4. The zero-order valence-electron chi connectivity index (χ0n) is 12.3. The number of hydrogen-bond acceptors (Lipinski definition) is 6. The molecule has 0 atom stereocenters. The maximum Gasteiger partial charge on any atom is 0.280 e. The Balaban J connectivity index is 2.88. The standard InChI is InChI=1S/C14H16N2O6S2/c15-12-5-1-10(2-6-12)14(24(20,21)22,9-23(17,18)19)11-3-7-13(16)8-4-11/h1-8H,9,15-16H2,(H,17,18,19)(H,20,21,22). The fraction of sp³-hybridized carbons (Fsp3) is 0.143. The molecule has 10 heteroatoms. The van der Waals surface area contributed by atoms with Crippen LogP contribution in [0.5, 0.6) is 0 Å². The minimum Gasteiger partial charge on any atom is -0.399 e. The largest absolute Gasteiger partial charge is 0.399 e. The van der Waals surface area contributed by atoms with Crippen molar-refractivity contribution in [1.29, 1.82) is 0 Å². The number of nitrogens with two attached hydrogens (primary N) is 2. The molecule has 0 spiro atoms. The summed E-state index contributed by atoms with van der Waals surface area (Å²) in [6.07, 6.45) is 0. The van der Waals surface area contributed by atoms with Gasteiger partial charge in [0.25, 0.3) is 20.2 Å². The van der Waals surface area contributed by atoms with Crippen molar-refractivity contribution in [3.63, 3.8) is 0 Å². The van der Waals surface area contributed by atoms with Crippen LogP contribution >= 0.6 is 0 Å². The highest BCUT2D eigenvalue weighted by Crippen LogP contribution is 2.39. The van der Waals surface area contributed by atoms with Gasteiger partial charge in [-0.3, -0.25) is 9.11 Å². The van der Waals surface area contributed by atoms with Gasteiger partial charge in [0.05, 0.1) is 0 Å². The minimum atomic E-state index is -5.01. The number of anilines is 2. The Kier molecular flexibility index (Phi) is 4.59. The number of nitrogen functional groups attached to an aromatic ring is 2. The summed E-state index contributed by atoms with van der Waals surface area (Å²) < 4.78 is 64.2. The predicted molar refractivity (Wildman–Crippen MR) is 90.5 cm³/mol. The first-order valence-corrected chi connectivity index (χ1v) is 9.65. The molecule has 8 nitrogen and oxygen atoms in total. The van der Waals surface area contributed by atoms with Crippen LogP contribution in [0.15, 0.2) is 48.5 Å². The highest BCUT2D eigenvalue weighted by atomic mass is 32.2. The Labute approximate surface area is 139 Å². The van der Waals surface area contributed by atoms with Crippen LogP contribution in [0.25, 0.3) is 0 Å². The predicted octanol–water partition coefficient (Wildman–Crippen LogP) is 0.870. The molecule has 0 amide bonds. The molecule has 2 rings (SSSR count). The van der Waals surface area contributed by atoms with Crippen LogP contribution < -0.4 is 11.5 Å². The van der Waals surface area contributed by atoms with Gasteiger partial charge >= 0.3 is 0 Å². The van der Waals surface area contributed by atoms with Gasteiger partial charge in [0.1, 0.15) is 5.75 Å². The molecule has 0 saturated heterocycles. The van der Waals surface area contributed by atoms with Gasteiger partial charge in [-0.15, -0.1) is 0 Å². The summed E-state index contributed by atoms with van der Waals surface area (Å²) in [4.78, 5) is 0. The maximum absolute atomic E-state index is 12.2. The molecule has 0 fully saturated rings. The second kappa shape index (κ2) is 6.06. The van der Waals surface area contributed by atoms with Crippen molar-refractivity contribution in [2.24, 2.45) is 0 Å². The molecule has 24 heavy (non-hydrogen) atoms. The van der Waals surface area contributed by atoms with Gasteiger partial charge in [0.15, 0.2) is 4.75 Å². The summed E-state index contributed by atoms with van der Waals surface area (Å²) >= 11 is 0. The summed E-state index contributed by atoms with van der Waals surface area (Å²) in [6, 6.07) is 10.5.